The summed E-state index contributed by atoms with van der Waals surface area (Å²) in [5.74, 6) is 0.848. The Kier molecular flexibility index (Phi) is 3.51. The van der Waals surface area contributed by atoms with Crippen LogP contribution in [0, 0.1) is 0 Å². The van der Waals surface area contributed by atoms with Crippen molar-refractivity contribution in [1.82, 2.24) is 14.6 Å². The Morgan fingerprint density at radius 2 is 2.12 bits per heavy atom. The van der Waals surface area contributed by atoms with Gasteiger partial charge in [-0.05, 0) is 36.4 Å². The SMILES string of the molecule is COc1ccc(-c2csc3nc(NC(=O)c4ccco4)nn23)cc1. The van der Waals surface area contributed by atoms with Crippen molar-refractivity contribution in [3.05, 3.63) is 53.8 Å². The van der Waals surface area contributed by atoms with Crippen LogP contribution in [0.2, 0.25) is 0 Å². The summed E-state index contributed by atoms with van der Waals surface area (Å²) in [7, 11) is 1.63. The fourth-order valence-electron chi connectivity index (χ4n) is 2.27. The van der Waals surface area contributed by atoms with E-state index in [-0.39, 0.29) is 17.6 Å². The van der Waals surface area contributed by atoms with Gasteiger partial charge in [-0.3, -0.25) is 10.1 Å². The normalized spacial score (nSPS) is 10.9. The maximum atomic E-state index is 12.0. The van der Waals surface area contributed by atoms with E-state index in [1.54, 1.807) is 23.8 Å². The van der Waals surface area contributed by atoms with Crippen molar-refractivity contribution in [3.63, 3.8) is 0 Å². The summed E-state index contributed by atoms with van der Waals surface area (Å²) in [6, 6.07) is 10.9. The number of fused-ring (bicyclic) bond motifs is 1. The van der Waals surface area contributed by atoms with E-state index >= 15 is 0 Å². The third-order valence-electron chi connectivity index (χ3n) is 3.44. The van der Waals surface area contributed by atoms with Crippen LogP contribution in [0.3, 0.4) is 0 Å². The smallest absolute Gasteiger partial charge is 0.293 e. The number of hydrogen-bond donors (Lipinski definition) is 1. The van der Waals surface area contributed by atoms with Crippen molar-refractivity contribution in [1.29, 1.82) is 0 Å². The third-order valence-corrected chi connectivity index (χ3v) is 4.25. The number of hydrogen-bond acceptors (Lipinski definition) is 6. The first-order valence-corrected chi connectivity index (χ1v) is 7.96. The second-order valence-electron chi connectivity index (χ2n) is 4.91. The number of nitrogens with one attached hydrogen (secondary N) is 1. The minimum absolute atomic E-state index is 0.212. The van der Waals surface area contributed by atoms with Crippen LogP contribution in [0.5, 0.6) is 5.75 Å². The summed E-state index contributed by atoms with van der Waals surface area (Å²) in [6.07, 6.45) is 1.44. The highest BCUT2D eigenvalue weighted by atomic mass is 32.1. The molecule has 24 heavy (non-hydrogen) atoms. The lowest BCUT2D eigenvalue weighted by atomic mass is 10.2. The lowest BCUT2D eigenvalue weighted by Gasteiger charge is -2.02. The van der Waals surface area contributed by atoms with Crippen LogP contribution in [-0.4, -0.2) is 27.6 Å². The highest BCUT2D eigenvalue weighted by Crippen LogP contribution is 2.27. The molecule has 0 unspecified atom stereocenters. The van der Waals surface area contributed by atoms with Crippen molar-refractivity contribution in [2.75, 3.05) is 12.4 Å². The predicted molar refractivity (Wildman–Crippen MR) is 89.5 cm³/mol. The monoisotopic (exact) mass is 340 g/mol. The van der Waals surface area contributed by atoms with E-state index in [9.17, 15) is 4.79 Å². The summed E-state index contributed by atoms with van der Waals surface area (Å²) in [5, 5.41) is 8.95. The Balaban J connectivity index is 1.64. The van der Waals surface area contributed by atoms with Crippen molar-refractivity contribution in [3.8, 4) is 17.0 Å². The van der Waals surface area contributed by atoms with Crippen molar-refractivity contribution in [2.24, 2.45) is 0 Å². The number of rotatable bonds is 4. The van der Waals surface area contributed by atoms with E-state index in [1.165, 1.54) is 17.6 Å². The molecule has 3 heterocycles. The van der Waals surface area contributed by atoms with E-state index in [0.29, 0.717) is 4.96 Å². The minimum Gasteiger partial charge on any atom is -0.497 e. The molecule has 8 heteroatoms. The number of nitrogens with zero attached hydrogens (tertiary/aromatic N) is 3. The standard InChI is InChI=1S/C16H12N4O3S/c1-22-11-6-4-10(5-7-11)12-9-24-16-18-15(19-20(12)16)17-14(21)13-3-2-8-23-13/h2-9H,1H3,(H,17,19,21). The number of methoxy groups -OCH3 is 1. The maximum Gasteiger partial charge on any atom is 0.293 e. The lowest BCUT2D eigenvalue weighted by Crippen LogP contribution is -2.12. The topological polar surface area (TPSA) is 81.7 Å². The van der Waals surface area contributed by atoms with Gasteiger partial charge in [-0.1, -0.05) is 0 Å². The number of anilines is 1. The van der Waals surface area contributed by atoms with Crippen LogP contribution >= 0.6 is 11.3 Å². The number of thiazole rings is 1. The van der Waals surface area contributed by atoms with Crippen molar-refractivity contribution >= 4 is 28.2 Å². The van der Waals surface area contributed by atoms with Crippen LogP contribution in [0.1, 0.15) is 10.6 Å². The first kappa shape index (κ1) is 14.5. The fourth-order valence-corrected chi connectivity index (χ4v) is 3.10. The van der Waals surface area contributed by atoms with Crippen LogP contribution in [-0.2, 0) is 0 Å². The van der Waals surface area contributed by atoms with E-state index in [2.05, 4.69) is 15.4 Å². The first-order valence-electron chi connectivity index (χ1n) is 7.08. The molecule has 4 aromatic rings. The molecule has 4 rings (SSSR count). The number of amides is 1. The van der Waals surface area contributed by atoms with Crippen molar-refractivity contribution in [2.45, 2.75) is 0 Å². The molecule has 1 N–H and O–H groups in total. The Morgan fingerprint density at radius 1 is 1.29 bits per heavy atom. The van der Waals surface area contributed by atoms with Gasteiger partial charge in [-0.15, -0.1) is 16.4 Å². The summed E-state index contributed by atoms with van der Waals surface area (Å²) in [6.45, 7) is 0. The summed E-state index contributed by atoms with van der Waals surface area (Å²) in [5.41, 5.74) is 1.87. The van der Waals surface area contributed by atoms with Gasteiger partial charge >= 0.3 is 0 Å². The largest absolute Gasteiger partial charge is 0.497 e. The van der Waals surface area contributed by atoms with Gasteiger partial charge in [0.15, 0.2) is 5.76 Å². The number of benzene rings is 1. The molecule has 0 bridgehead atoms. The molecule has 0 aliphatic rings. The number of carbonyl (C=O) groups is 1. The van der Waals surface area contributed by atoms with E-state index < -0.39 is 0 Å². The Hall–Kier alpha value is -3.13. The molecule has 0 radical (unpaired) electrons. The average Bonchev–Trinajstić information content (AvgIpc) is 3.31. The van der Waals surface area contributed by atoms with Crippen LogP contribution in [0.25, 0.3) is 16.2 Å². The van der Waals surface area contributed by atoms with Gasteiger partial charge < -0.3 is 9.15 Å². The molecule has 1 aromatic carbocycles. The summed E-state index contributed by atoms with van der Waals surface area (Å²) in [4.78, 5) is 17.0. The number of carbonyl (C=O) groups excluding carboxylic acids is 1. The molecule has 1 amide bonds. The number of ether oxygens (including phenoxy) is 1. The molecule has 7 nitrogen and oxygen atoms in total. The Bertz CT molecular complexity index is 986. The van der Waals surface area contributed by atoms with E-state index in [1.807, 2.05) is 29.6 Å². The fraction of sp³-hybridized carbons (Fsp3) is 0.0625. The highest BCUT2D eigenvalue weighted by molar-refractivity contribution is 7.15. The van der Waals surface area contributed by atoms with Crippen LogP contribution < -0.4 is 10.1 Å². The van der Waals surface area contributed by atoms with Gasteiger partial charge in [0.25, 0.3) is 11.9 Å². The van der Waals surface area contributed by atoms with Gasteiger partial charge in [0.1, 0.15) is 5.75 Å². The predicted octanol–water partition coefficient (Wildman–Crippen LogP) is 3.31. The molecular weight excluding hydrogens is 328 g/mol. The summed E-state index contributed by atoms with van der Waals surface area (Å²) < 4.78 is 11.9. The first-order chi connectivity index (χ1) is 11.7. The molecule has 3 aromatic heterocycles. The zero-order valence-corrected chi connectivity index (χ0v) is 13.4. The lowest BCUT2D eigenvalue weighted by molar-refractivity contribution is 0.0996. The maximum absolute atomic E-state index is 12.0. The van der Waals surface area contributed by atoms with Gasteiger partial charge in [-0.25, -0.2) is 4.52 Å². The molecule has 0 saturated carbocycles. The molecular formula is C16H12N4O3S. The molecule has 120 valence electrons. The molecule has 0 aliphatic carbocycles. The second kappa shape index (κ2) is 5.82. The third kappa shape index (κ3) is 2.52. The second-order valence-corrected chi connectivity index (χ2v) is 5.75. The van der Waals surface area contributed by atoms with E-state index in [4.69, 9.17) is 9.15 Å². The summed E-state index contributed by atoms with van der Waals surface area (Å²) >= 11 is 1.45. The number of aromatic nitrogens is 3. The average molecular weight is 340 g/mol. The molecule has 0 atom stereocenters. The molecule has 0 saturated heterocycles. The quantitative estimate of drug-likeness (QED) is 0.616. The Labute approximate surface area is 140 Å². The minimum atomic E-state index is -0.385. The van der Waals surface area contributed by atoms with Crippen LogP contribution in [0.15, 0.2) is 52.5 Å². The zero-order chi connectivity index (χ0) is 16.5. The van der Waals surface area contributed by atoms with Gasteiger partial charge in [-0.2, -0.15) is 4.98 Å². The molecule has 0 aliphatic heterocycles. The van der Waals surface area contributed by atoms with Gasteiger partial charge in [0, 0.05) is 10.9 Å². The van der Waals surface area contributed by atoms with Gasteiger partial charge in [0.2, 0.25) is 4.96 Å². The Morgan fingerprint density at radius 3 is 2.83 bits per heavy atom. The van der Waals surface area contributed by atoms with Crippen LogP contribution in [0.4, 0.5) is 5.95 Å². The van der Waals surface area contributed by atoms with Crippen molar-refractivity contribution < 1.29 is 13.9 Å². The molecule has 0 fully saturated rings. The number of furan rings is 1. The highest BCUT2D eigenvalue weighted by Gasteiger charge is 2.15. The molecule has 0 spiro atoms. The van der Waals surface area contributed by atoms with Gasteiger partial charge in [0.05, 0.1) is 19.1 Å². The zero-order valence-electron chi connectivity index (χ0n) is 12.6. The van der Waals surface area contributed by atoms with E-state index in [0.717, 1.165) is 17.0 Å².